The van der Waals surface area contributed by atoms with Gasteiger partial charge in [0.1, 0.15) is 0 Å². The van der Waals surface area contributed by atoms with Crippen molar-refractivity contribution in [1.82, 2.24) is 4.90 Å². The lowest BCUT2D eigenvalue weighted by Crippen LogP contribution is -2.37. The Labute approximate surface area is 143 Å². The SMILES string of the molecule is CC1c2ccsc2CCN1CC(=O)c1cc(Br)sc1Br. The zero-order valence-corrected chi connectivity index (χ0v) is 15.7. The second kappa shape index (κ2) is 6.01. The van der Waals surface area contributed by atoms with E-state index in [1.165, 1.54) is 10.4 Å². The Balaban J connectivity index is 1.76. The highest BCUT2D eigenvalue weighted by atomic mass is 79.9. The lowest BCUT2D eigenvalue weighted by molar-refractivity contribution is 0.0891. The van der Waals surface area contributed by atoms with Crippen LogP contribution in [-0.4, -0.2) is 23.8 Å². The lowest BCUT2D eigenvalue weighted by Gasteiger charge is -2.32. The molecule has 0 N–H and O–H groups in total. The van der Waals surface area contributed by atoms with Crippen LogP contribution < -0.4 is 0 Å². The van der Waals surface area contributed by atoms with E-state index in [-0.39, 0.29) is 5.78 Å². The van der Waals surface area contributed by atoms with E-state index >= 15 is 0 Å². The predicted molar refractivity (Wildman–Crippen MR) is 92.1 cm³/mol. The molecule has 3 heterocycles. The molecule has 1 aliphatic heterocycles. The molecule has 3 rings (SSSR count). The molecule has 1 unspecified atom stereocenters. The Hall–Kier alpha value is -0.0100. The average Bonchev–Trinajstić information content (AvgIpc) is 2.99. The van der Waals surface area contributed by atoms with Crippen molar-refractivity contribution in [3.05, 3.63) is 41.1 Å². The average molecular weight is 435 g/mol. The third-order valence-electron chi connectivity index (χ3n) is 3.71. The number of Topliss-reactive ketones (excluding diaryl/α,β-unsaturated/α-hetero) is 1. The zero-order chi connectivity index (χ0) is 14.3. The number of halogens is 2. The predicted octanol–water partition coefficient (Wildman–Crippen LogP) is 5.14. The quantitative estimate of drug-likeness (QED) is 0.623. The maximum atomic E-state index is 12.5. The summed E-state index contributed by atoms with van der Waals surface area (Å²) in [6.07, 6.45) is 1.05. The summed E-state index contributed by atoms with van der Waals surface area (Å²) in [4.78, 5) is 16.2. The van der Waals surface area contributed by atoms with Gasteiger partial charge >= 0.3 is 0 Å². The highest BCUT2D eigenvalue weighted by Crippen LogP contribution is 2.35. The van der Waals surface area contributed by atoms with Crippen LogP contribution in [0.1, 0.15) is 33.8 Å². The molecule has 0 aromatic carbocycles. The summed E-state index contributed by atoms with van der Waals surface area (Å²) in [6.45, 7) is 3.64. The number of fused-ring (bicyclic) bond motifs is 1. The van der Waals surface area contributed by atoms with Gasteiger partial charge in [0.15, 0.2) is 5.78 Å². The van der Waals surface area contributed by atoms with Gasteiger partial charge in [0, 0.05) is 23.0 Å². The normalized spacial score (nSPS) is 19.1. The first-order chi connectivity index (χ1) is 9.56. The van der Waals surface area contributed by atoms with Crippen LogP contribution in [0.2, 0.25) is 0 Å². The molecule has 1 aliphatic rings. The van der Waals surface area contributed by atoms with Gasteiger partial charge in [-0.25, -0.2) is 0 Å². The van der Waals surface area contributed by atoms with Gasteiger partial charge in [-0.2, -0.15) is 0 Å². The zero-order valence-electron chi connectivity index (χ0n) is 10.9. The van der Waals surface area contributed by atoms with Crippen LogP contribution in [0.3, 0.4) is 0 Å². The highest BCUT2D eigenvalue weighted by Gasteiger charge is 2.27. The molecular weight excluding hydrogens is 422 g/mol. The summed E-state index contributed by atoms with van der Waals surface area (Å²) >= 11 is 10.3. The first-order valence-corrected chi connectivity index (χ1v) is 9.63. The second-order valence-electron chi connectivity index (χ2n) is 4.86. The summed E-state index contributed by atoms with van der Waals surface area (Å²) in [6, 6.07) is 4.43. The van der Waals surface area contributed by atoms with E-state index in [1.807, 2.05) is 17.4 Å². The second-order valence-corrected chi connectivity index (χ2v) is 9.61. The van der Waals surface area contributed by atoms with Gasteiger partial charge in [-0.15, -0.1) is 22.7 Å². The van der Waals surface area contributed by atoms with E-state index in [2.05, 4.69) is 55.1 Å². The summed E-state index contributed by atoms with van der Waals surface area (Å²) in [5.41, 5.74) is 2.17. The van der Waals surface area contributed by atoms with Gasteiger partial charge in [-0.1, -0.05) is 0 Å². The Morgan fingerprint density at radius 1 is 1.50 bits per heavy atom. The third-order valence-corrected chi connectivity index (χ3v) is 7.04. The maximum Gasteiger partial charge on any atom is 0.178 e. The van der Waals surface area contributed by atoms with E-state index < -0.39 is 0 Å². The van der Waals surface area contributed by atoms with Crippen LogP contribution in [0.5, 0.6) is 0 Å². The van der Waals surface area contributed by atoms with Crippen molar-refractivity contribution in [3.8, 4) is 0 Å². The molecule has 1 atom stereocenters. The van der Waals surface area contributed by atoms with E-state index in [9.17, 15) is 4.79 Å². The van der Waals surface area contributed by atoms with Gasteiger partial charge in [-0.05, 0) is 68.3 Å². The van der Waals surface area contributed by atoms with Crippen molar-refractivity contribution in [1.29, 1.82) is 0 Å². The van der Waals surface area contributed by atoms with Crippen molar-refractivity contribution in [3.63, 3.8) is 0 Å². The molecule has 2 aromatic heterocycles. The monoisotopic (exact) mass is 433 g/mol. The number of thiophene rings is 2. The van der Waals surface area contributed by atoms with Crippen LogP contribution in [0, 0.1) is 0 Å². The van der Waals surface area contributed by atoms with E-state index in [4.69, 9.17) is 0 Å². The summed E-state index contributed by atoms with van der Waals surface area (Å²) in [7, 11) is 0. The minimum absolute atomic E-state index is 0.185. The van der Waals surface area contributed by atoms with E-state index in [0.717, 1.165) is 26.1 Å². The fraction of sp³-hybridized carbons (Fsp3) is 0.357. The highest BCUT2D eigenvalue weighted by molar-refractivity contribution is 9.12. The molecule has 0 saturated carbocycles. The molecule has 2 aromatic rings. The molecule has 0 saturated heterocycles. The molecule has 2 nitrogen and oxygen atoms in total. The molecule has 0 aliphatic carbocycles. The fourth-order valence-corrected chi connectivity index (χ4v) is 6.40. The van der Waals surface area contributed by atoms with Gasteiger partial charge in [0.25, 0.3) is 0 Å². The molecule has 6 heteroatoms. The molecule has 0 spiro atoms. The van der Waals surface area contributed by atoms with Crippen molar-refractivity contribution >= 4 is 60.3 Å². The minimum atomic E-state index is 0.185. The van der Waals surface area contributed by atoms with Gasteiger partial charge < -0.3 is 0 Å². The van der Waals surface area contributed by atoms with Crippen LogP contribution in [0.15, 0.2) is 25.1 Å². The third kappa shape index (κ3) is 2.81. The van der Waals surface area contributed by atoms with Crippen LogP contribution >= 0.6 is 54.5 Å². The summed E-state index contributed by atoms with van der Waals surface area (Å²) in [5.74, 6) is 0.185. The van der Waals surface area contributed by atoms with Crippen molar-refractivity contribution in [2.45, 2.75) is 19.4 Å². The standard InChI is InChI=1S/C14H13Br2NOS2/c1-8-9-3-5-19-12(9)2-4-17(8)7-11(18)10-6-13(15)20-14(10)16/h3,5-6,8H,2,4,7H2,1H3. The first kappa shape index (κ1) is 14.9. The number of carbonyl (C=O) groups is 1. The molecular formula is C14H13Br2NOS2. The summed E-state index contributed by atoms with van der Waals surface area (Å²) < 4.78 is 1.90. The van der Waals surface area contributed by atoms with Crippen LogP contribution in [-0.2, 0) is 6.42 Å². The van der Waals surface area contributed by atoms with E-state index in [0.29, 0.717) is 12.6 Å². The lowest BCUT2D eigenvalue weighted by atomic mass is 10.0. The molecule has 106 valence electrons. The molecule has 0 amide bonds. The molecule has 0 fully saturated rings. The largest absolute Gasteiger partial charge is 0.293 e. The van der Waals surface area contributed by atoms with Crippen LogP contribution in [0.25, 0.3) is 0 Å². The Morgan fingerprint density at radius 3 is 3.00 bits per heavy atom. The molecule has 20 heavy (non-hydrogen) atoms. The number of hydrogen-bond acceptors (Lipinski definition) is 4. The van der Waals surface area contributed by atoms with Gasteiger partial charge in [0.05, 0.1) is 14.1 Å². The smallest absolute Gasteiger partial charge is 0.178 e. The Morgan fingerprint density at radius 2 is 2.30 bits per heavy atom. The first-order valence-electron chi connectivity index (χ1n) is 6.34. The van der Waals surface area contributed by atoms with Gasteiger partial charge in [0.2, 0.25) is 0 Å². The Bertz CT molecular complexity index is 649. The number of hydrogen-bond donors (Lipinski definition) is 0. The van der Waals surface area contributed by atoms with Crippen molar-refractivity contribution in [2.75, 3.05) is 13.1 Å². The van der Waals surface area contributed by atoms with E-state index in [1.54, 1.807) is 11.3 Å². The van der Waals surface area contributed by atoms with Gasteiger partial charge in [-0.3, -0.25) is 9.69 Å². The maximum absolute atomic E-state index is 12.5. The Kier molecular flexibility index (Phi) is 4.48. The van der Waals surface area contributed by atoms with Crippen LogP contribution in [0.4, 0.5) is 0 Å². The number of carbonyl (C=O) groups excluding carboxylic acids is 1. The fourth-order valence-electron chi connectivity index (χ4n) is 2.58. The topological polar surface area (TPSA) is 20.3 Å². The minimum Gasteiger partial charge on any atom is -0.293 e. The number of ketones is 1. The molecule has 0 bridgehead atoms. The van der Waals surface area contributed by atoms with Crippen molar-refractivity contribution < 1.29 is 4.79 Å². The number of rotatable bonds is 3. The summed E-state index contributed by atoms with van der Waals surface area (Å²) in [5, 5.41) is 2.15. The molecule has 0 radical (unpaired) electrons. The van der Waals surface area contributed by atoms with Crippen molar-refractivity contribution in [2.24, 2.45) is 0 Å². The number of nitrogens with zero attached hydrogens (tertiary/aromatic N) is 1.